The van der Waals surface area contributed by atoms with E-state index in [2.05, 4.69) is 35.4 Å². The number of anilines is 1. The summed E-state index contributed by atoms with van der Waals surface area (Å²) in [5.41, 5.74) is 4.25. The lowest BCUT2D eigenvalue weighted by atomic mass is 10.1. The lowest BCUT2D eigenvalue weighted by Crippen LogP contribution is -2.15. The summed E-state index contributed by atoms with van der Waals surface area (Å²) in [6.45, 7) is 10.8. The van der Waals surface area contributed by atoms with E-state index in [0.29, 0.717) is 11.7 Å². The molecular formula is C23H28N4O2S. The average Bonchev–Trinajstić information content (AvgIpc) is 3.14. The molecule has 158 valence electrons. The number of carbonyl (C=O) groups is 1. The quantitative estimate of drug-likeness (QED) is 0.510. The number of ether oxygens (including phenoxy) is 1. The lowest BCUT2D eigenvalue weighted by molar-refractivity contribution is -0.113. The number of nitrogens with zero attached hydrogens (tertiary/aromatic N) is 3. The van der Waals surface area contributed by atoms with E-state index < -0.39 is 0 Å². The number of aromatic nitrogens is 3. The van der Waals surface area contributed by atoms with E-state index in [1.165, 1.54) is 17.3 Å². The molecule has 0 aliphatic heterocycles. The van der Waals surface area contributed by atoms with Crippen LogP contribution >= 0.6 is 11.8 Å². The third kappa shape index (κ3) is 5.21. The first-order valence-electron chi connectivity index (χ1n) is 10.0. The highest BCUT2D eigenvalue weighted by Crippen LogP contribution is 2.28. The molecule has 0 spiro atoms. The number of benzene rings is 2. The first kappa shape index (κ1) is 21.9. The van der Waals surface area contributed by atoms with Crippen molar-refractivity contribution in [1.82, 2.24) is 14.8 Å². The Morgan fingerprint density at radius 2 is 1.87 bits per heavy atom. The number of nitrogens with one attached hydrogen (secondary N) is 1. The fourth-order valence-electron chi connectivity index (χ4n) is 3.06. The number of hydrogen-bond acceptors (Lipinski definition) is 5. The van der Waals surface area contributed by atoms with Crippen LogP contribution in [0.2, 0.25) is 0 Å². The zero-order valence-electron chi connectivity index (χ0n) is 18.1. The molecule has 1 unspecified atom stereocenters. The van der Waals surface area contributed by atoms with Crippen LogP contribution in [-0.4, -0.2) is 26.4 Å². The molecule has 1 aromatic heterocycles. The largest absolute Gasteiger partial charge is 0.482 e. The number of carbonyl (C=O) groups excluding carboxylic acids is 1. The predicted octanol–water partition coefficient (Wildman–Crippen LogP) is 5.09. The molecule has 1 amide bonds. The van der Waals surface area contributed by atoms with Gasteiger partial charge < -0.3 is 14.6 Å². The Bertz CT molecular complexity index is 1010. The van der Waals surface area contributed by atoms with E-state index in [9.17, 15) is 4.79 Å². The minimum absolute atomic E-state index is 0.0734. The molecule has 0 saturated heterocycles. The summed E-state index contributed by atoms with van der Waals surface area (Å²) < 4.78 is 8.17. The molecule has 1 atom stereocenters. The summed E-state index contributed by atoms with van der Waals surface area (Å²) in [7, 11) is 0. The van der Waals surface area contributed by atoms with Gasteiger partial charge >= 0.3 is 0 Å². The summed E-state index contributed by atoms with van der Waals surface area (Å²) in [5.74, 6) is 1.79. The van der Waals surface area contributed by atoms with Crippen molar-refractivity contribution < 1.29 is 9.53 Å². The Balaban J connectivity index is 1.65. The molecule has 6 nitrogen and oxygen atoms in total. The predicted molar refractivity (Wildman–Crippen MR) is 121 cm³/mol. The van der Waals surface area contributed by atoms with Crippen LogP contribution in [0.15, 0.2) is 47.6 Å². The summed E-state index contributed by atoms with van der Waals surface area (Å²) >= 11 is 1.37. The van der Waals surface area contributed by atoms with Crippen molar-refractivity contribution in [3.05, 3.63) is 65.0 Å². The summed E-state index contributed by atoms with van der Waals surface area (Å²) in [6, 6.07) is 13.8. The second-order valence-electron chi connectivity index (χ2n) is 7.25. The van der Waals surface area contributed by atoms with E-state index in [4.69, 9.17) is 4.74 Å². The standard InChI is InChI=1S/C23H28N4O2S/c1-6-27-22(18(5)29-20-9-7-8-16(3)17(20)4)25-26-23(27)30-14-21(28)24-19-12-10-15(2)11-13-19/h7-13,18H,6,14H2,1-5H3,(H,24,28). The number of rotatable bonds is 8. The molecular weight excluding hydrogens is 396 g/mol. The second kappa shape index (κ2) is 9.80. The van der Waals surface area contributed by atoms with Gasteiger partial charge in [0.05, 0.1) is 5.75 Å². The molecule has 0 aliphatic carbocycles. The van der Waals surface area contributed by atoms with Crippen LogP contribution in [0.25, 0.3) is 0 Å². The Morgan fingerprint density at radius 3 is 2.57 bits per heavy atom. The Kier molecular flexibility index (Phi) is 7.15. The zero-order valence-corrected chi connectivity index (χ0v) is 18.9. The maximum Gasteiger partial charge on any atom is 0.234 e. The lowest BCUT2D eigenvalue weighted by Gasteiger charge is -2.17. The van der Waals surface area contributed by atoms with Crippen LogP contribution in [-0.2, 0) is 11.3 Å². The monoisotopic (exact) mass is 424 g/mol. The van der Waals surface area contributed by atoms with Crippen LogP contribution in [0.5, 0.6) is 5.75 Å². The second-order valence-corrected chi connectivity index (χ2v) is 8.19. The van der Waals surface area contributed by atoms with Gasteiger partial charge in [0.25, 0.3) is 0 Å². The van der Waals surface area contributed by atoms with Crippen LogP contribution < -0.4 is 10.1 Å². The van der Waals surface area contributed by atoms with Gasteiger partial charge in [-0.25, -0.2) is 0 Å². The van der Waals surface area contributed by atoms with Gasteiger partial charge in [0, 0.05) is 12.2 Å². The van der Waals surface area contributed by atoms with Gasteiger partial charge in [-0.2, -0.15) is 0 Å². The Hall–Kier alpha value is -2.80. The molecule has 0 saturated carbocycles. The highest BCUT2D eigenvalue weighted by Gasteiger charge is 2.20. The van der Waals surface area contributed by atoms with Gasteiger partial charge in [-0.05, 0) is 63.9 Å². The van der Waals surface area contributed by atoms with E-state index in [-0.39, 0.29) is 17.8 Å². The highest BCUT2D eigenvalue weighted by molar-refractivity contribution is 7.99. The molecule has 30 heavy (non-hydrogen) atoms. The minimum atomic E-state index is -0.256. The molecule has 0 aliphatic rings. The van der Waals surface area contributed by atoms with Gasteiger partial charge in [0.2, 0.25) is 5.91 Å². The highest BCUT2D eigenvalue weighted by atomic mass is 32.2. The maximum absolute atomic E-state index is 12.3. The van der Waals surface area contributed by atoms with Gasteiger partial charge in [-0.1, -0.05) is 41.6 Å². The molecule has 7 heteroatoms. The van der Waals surface area contributed by atoms with E-state index in [1.807, 2.05) is 61.7 Å². The number of thioether (sulfide) groups is 1. The van der Waals surface area contributed by atoms with Gasteiger partial charge in [-0.15, -0.1) is 10.2 Å². The SMILES string of the molecule is CCn1c(SCC(=O)Nc2ccc(C)cc2)nnc1C(C)Oc1cccc(C)c1C. The normalized spacial score (nSPS) is 11.9. The van der Waals surface area contributed by atoms with Crippen molar-refractivity contribution in [2.24, 2.45) is 0 Å². The van der Waals surface area contributed by atoms with Crippen molar-refractivity contribution in [1.29, 1.82) is 0 Å². The van der Waals surface area contributed by atoms with Gasteiger partial charge in [0.15, 0.2) is 17.1 Å². The molecule has 3 aromatic rings. The third-order valence-electron chi connectivity index (χ3n) is 4.95. The Labute approximate surface area is 182 Å². The number of amides is 1. The van der Waals surface area contributed by atoms with Crippen molar-refractivity contribution in [3.63, 3.8) is 0 Å². The van der Waals surface area contributed by atoms with E-state index >= 15 is 0 Å². The van der Waals surface area contributed by atoms with Crippen molar-refractivity contribution in [2.45, 2.75) is 52.4 Å². The number of hydrogen-bond donors (Lipinski definition) is 1. The van der Waals surface area contributed by atoms with Gasteiger partial charge in [-0.3, -0.25) is 4.79 Å². The molecule has 0 fully saturated rings. The first-order chi connectivity index (χ1) is 14.4. The Morgan fingerprint density at radius 1 is 1.13 bits per heavy atom. The summed E-state index contributed by atoms with van der Waals surface area (Å²) in [5, 5.41) is 12.3. The fraction of sp³-hybridized carbons (Fsp3) is 0.348. The first-order valence-corrected chi connectivity index (χ1v) is 11.0. The topological polar surface area (TPSA) is 69.0 Å². The summed E-state index contributed by atoms with van der Waals surface area (Å²) in [6.07, 6.45) is -0.256. The van der Waals surface area contributed by atoms with Crippen LogP contribution in [0.3, 0.4) is 0 Å². The van der Waals surface area contributed by atoms with Crippen LogP contribution in [0, 0.1) is 20.8 Å². The molecule has 0 bridgehead atoms. The van der Waals surface area contributed by atoms with Crippen LogP contribution in [0.1, 0.15) is 42.5 Å². The summed E-state index contributed by atoms with van der Waals surface area (Å²) in [4.78, 5) is 12.3. The zero-order chi connectivity index (χ0) is 21.7. The maximum atomic E-state index is 12.3. The molecule has 2 aromatic carbocycles. The molecule has 1 N–H and O–H groups in total. The van der Waals surface area contributed by atoms with Crippen molar-refractivity contribution >= 4 is 23.4 Å². The van der Waals surface area contributed by atoms with Crippen LogP contribution in [0.4, 0.5) is 5.69 Å². The van der Waals surface area contributed by atoms with Crippen molar-refractivity contribution in [2.75, 3.05) is 11.1 Å². The van der Waals surface area contributed by atoms with Gasteiger partial charge in [0.1, 0.15) is 5.75 Å². The van der Waals surface area contributed by atoms with Crippen molar-refractivity contribution in [3.8, 4) is 5.75 Å². The van der Waals surface area contributed by atoms with E-state index in [0.717, 1.165) is 28.4 Å². The molecule has 1 heterocycles. The molecule has 0 radical (unpaired) electrons. The molecule has 3 rings (SSSR count). The third-order valence-corrected chi connectivity index (χ3v) is 5.92. The van der Waals surface area contributed by atoms with E-state index in [1.54, 1.807) is 0 Å². The fourth-order valence-corrected chi connectivity index (χ4v) is 3.87. The minimum Gasteiger partial charge on any atom is -0.482 e. The number of aryl methyl sites for hydroxylation is 2. The average molecular weight is 425 g/mol. The smallest absolute Gasteiger partial charge is 0.234 e.